The van der Waals surface area contributed by atoms with Crippen LogP contribution in [-0.2, 0) is 33.2 Å². The van der Waals surface area contributed by atoms with E-state index in [1.54, 1.807) is 14.2 Å². The van der Waals surface area contributed by atoms with Gasteiger partial charge in [-0.15, -0.1) is 0 Å². The van der Waals surface area contributed by atoms with Crippen LogP contribution in [0, 0.1) is 0 Å². The van der Waals surface area contributed by atoms with Crippen molar-refractivity contribution in [2.45, 2.75) is 348 Å². The second kappa shape index (κ2) is 61.7. The lowest BCUT2D eigenvalue weighted by molar-refractivity contribution is -0.188. The quantitative estimate of drug-likeness (QED) is 0.0342. The molecular weight excluding hydrogens is 881 g/mol. The van der Waals surface area contributed by atoms with Gasteiger partial charge in [-0.1, -0.05) is 258 Å². The van der Waals surface area contributed by atoms with Crippen molar-refractivity contribution in [2.75, 3.05) is 40.6 Å². The third kappa shape index (κ3) is 55.3. The number of hydrogen-bond acceptors (Lipinski definition) is 7. The summed E-state index contributed by atoms with van der Waals surface area (Å²) in [7, 11) is 3.41. The summed E-state index contributed by atoms with van der Waals surface area (Å²) in [6.45, 7) is 12.5. The first-order valence-electron chi connectivity index (χ1n) is 31.7. The topological polar surface area (TPSA) is 64.6 Å². The maximum atomic E-state index is 6.21. The van der Waals surface area contributed by atoms with E-state index in [1.807, 2.05) is 12.2 Å². The van der Waals surface area contributed by atoms with Crippen LogP contribution >= 0.6 is 0 Å². The van der Waals surface area contributed by atoms with Crippen molar-refractivity contribution in [3.63, 3.8) is 0 Å². The fraction of sp³-hybridized carbons (Fsp3) is 0.938. The fourth-order valence-electron chi connectivity index (χ4n) is 9.35. The van der Waals surface area contributed by atoms with E-state index in [4.69, 9.17) is 33.2 Å². The van der Waals surface area contributed by atoms with E-state index in [0.29, 0.717) is 0 Å². The van der Waals surface area contributed by atoms with Crippen LogP contribution in [0.4, 0.5) is 0 Å². The number of allylic oxidation sites excluding steroid dienone is 2. The fourth-order valence-corrected chi connectivity index (χ4v) is 9.35. The lowest BCUT2D eigenvalue weighted by atomic mass is 10.0. The average Bonchev–Trinajstić information content (AvgIpc) is 3.38. The molecule has 71 heavy (non-hydrogen) atoms. The first-order chi connectivity index (χ1) is 35.1. The zero-order valence-corrected chi connectivity index (χ0v) is 48.8. The predicted octanol–water partition coefficient (Wildman–Crippen LogP) is 20.8. The Balaban J connectivity index is 3.91. The molecule has 0 amide bonds. The van der Waals surface area contributed by atoms with E-state index in [9.17, 15) is 0 Å². The van der Waals surface area contributed by atoms with Crippen molar-refractivity contribution in [1.82, 2.24) is 0 Å². The largest absolute Gasteiger partial charge is 0.353 e. The molecule has 0 aliphatic carbocycles. The van der Waals surface area contributed by atoms with Gasteiger partial charge in [-0.2, -0.15) is 0 Å². The molecule has 0 N–H and O–H groups in total. The van der Waals surface area contributed by atoms with Gasteiger partial charge in [0, 0.05) is 40.6 Å². The van der Waals surface area contributed by atoms with Crippen molar-refractivity contribution < 1.29 is 33.2 Å². The van der Waals surface area contributed by atoms with Crippen LogP contribution in [-0.4, -0.2) is 65.8 Å². The molecule has 0 radical (unpaired) electrons. The van der Waals surface area contributed by atoms with Crippen LogP contribution in [0.5, 0.6) is 0 Å². The van der Waals surface area contributed by atoms with Crippen LogP contribution < -0.4 is 0 Å². The Bertz CT molecular complexity index is 911. The van der Waals surface area contributed by atoms with Crippen molar-refractivity contribution in [2.24, 2.45) is 0 Å². The van der Waals surface area contributed by atoms with Gasteiger partial charge in [0.15, 0.2) is 25.2 Å². The summed E-state index contributed by atoms with van der Waals surface area (Å²) in [6, 6.07) is 0. The van der Waals surface area contributed by atoms with Gasteiger partial charge in [0.1, 0.15) is 0 Å². The first kappa shape index (κ1) is 70.2. The second-order valence-electron chi connectivity index (χ2n) is 21.1. The Morgan fingerprint density at radius 2 is 0.493 bits per heavy atom. The average molecular weight is 1010 g/mol. The van der Waals surface area contributed by atoms with E-state index in [2.05, 4.69) is 39.8 Å². The maximum absolute atomic E-state index is 6.21. The molecule has 424 valence electrons. The molecule has 0 fully saturated rings. The third-order valence-corrected chi connectivity index (χ3v) is 14.1. The van der Waals surface area contributed by atoms with E-state index < -0.39 is 0 Å². The summed E-state index contributed by atoms with van der Waals surface area (Å²) >= 11 is 0. The van der Waals surface area contributed by atoms with Crippen molar-refractivity contribution in [3.05, 3.63) is 24.3 Å². The molecule has 7 nitrogen and oxygen atoms in total. The highest BCUT2D eigenvalue weighted by Crippen LogP contribution is 2.19. The summed E-state index contributed by atoms with van der Waals surface area (Å²) in [5.74, 6) is 0. The SMILES string of the molecule is CCCCCCCOC(CCCCCCCCCCCCCC=CC(OC)OC(C=CCCCCCCCCCCCCCC(OCCCCCCC)OCCCCCCC)OC)OCCCCCCC. The molecule has 0 saturated carbocycles. The lowest BCUT2D eigenvalue weighted by Gasteiger charge is -2.19. The minimum atomic E-state index is -0.390. The van der Waals surface area contributed by atoms with Crippen molar-refractivity contribution in [1.29, 1.82) is 0 Å². The Hall–Kier alpha value is -0.800. The molecule has 2 atom stereocenters. The highest BCUT2D eigenvalue weighted by atomic mass is 16.8. The summed E-state index contributed by atoms with van der Waals surface area (Å²) in [5.41, 5.74) is 0. The van der Waals surface area contributed by atoms with Gasteiger partial charge in [0.2, 0.25) is 0 Å². The molecule has 0 aromatic heterocycles. The highest BCUT2D eigenvalue weighted by molar-refractivity contribution is 4.89. The molecule has 0 heterocycles. The zero-order chi connectivity index (χ0) is 51.4. The number of methoxy groups -OCH3 is 2. The Labute approximate surface area is 444 Å². The molecule has 2 unspecified atom stereocenters. The molecular formula is C64H126O7. The van der Waals surface area contributed by atoms with Crippen LogP contribution in [0.1, 0.15) is 323 Å². The number of unbranched alkanes of at least 4 members (excludes halogenated alkanes) is 38. The Morgan fingerprint density at radius 3 is 0.746 bits per heavy atom. The molecule has 0 bridgehead atoms. The van der Waals surface area contributed by atoms with E-state index in [-0.39, 0.29) is 25.2 Å². The molecule has 0 saturated heterocycles. The normalized spacial score (nSPS) is 13.1. The first-order valence-corrected chi connectivity index (χ1v) is 31.7. The molecule has 0 rings (SSSR count). The highest BCUT2D eigenvalue weighted by Gasteiger charge is 2.12. The van der Waals surface area contributed by atoms with Gasteiger partial charge in [-0.3, -0.25) is 0 Å². The molecule has 0 aromatic carbocycles. The van der Waals surface area contributed by atoms with Crippen molar-refractivity contribution in [3.8, 4) is 0 Å². The minimum absolute atomic E-state index is 0.00590. The summed E-state index contributed by atoms with van der Waals surface area (Å²) in [6.07, 6.45) is 66.8. The van der Waals surface area contributed by atoms with Crippen LogP contribution in [0.15, 0.2) is 24.3 Å². The van der Waals surface area contributed by atoms with Gasteiger partial charge in [-0.25, -0.2) is 0 Å². The van der Waals surface area contributed by atoms with Crippen molar-refractivity contribution >= 4 is 0 Å². The van der Waals surface area contributed by atoms with E-state index in [0.717, 1.165) is 52.1 Å². The van der Waals surface area contributed by atoms with Crippen LogP contribution in [0.2, 0.25) is 0 Å². The van der Waals surface area contributed by atoms with E-state index in [1.165, 1.54) is 270 Å². The van der Waals surface area contributed by atoms with Gasteiger partial charge in [0.05, 0.1) is 0 Å². The summed E-state index contributed by atoms with van der Waals surface area (Å²) in [5, 5.41) is 0. The monoisotopic (exact) mass is 1010 g/mol. The van der Waals surface area contributed by atoms with Gasteiger partial charge >= 0.3 is 0 Å². The number of rotatable bonds is 62. The standard InChI is InChI=1S/C64H126O7/c1-7-11-15-41-49-57-67-63(68-58-50-42-16-12-8-2)55-47-39-35-31-27-23-19-21-25-29-33-37-45-53-61(65-5)71-62(66-6)54-46-38-34-30-26-22-20-24-28-32-36-40-48-56-64(69-59-51-43-17-13-9-3)70-60-52-44-18-14-10-4/h45-46,53-54,61-64H,7-44,47-52,55-60H2,1-6H3. The van der Waals surface area contributed by atoms with Crippen LogP contribution in [0.3, 0.4) is 0 Å². The molecule has 0 aliphatic heterocycles. The second-order valence-corrected chi connectivity index (χ2v) is 21.1. The van der Waals surface area contributed by atoms with Gasteiger partial charge in [0.25, 0.3) is 0 Å². The zero-order valence-electron chi connectivity index (χ0n) is 48.8. The summed E-state index contributed by atoms with van der Waals surface area (Å²) < 4.78 is 42.1. The summed E-state index contributed by atoms with van der Waals surface area (Å²) in [4.78, 5) is 0. The van der Waals surface area contributed by atoms with E-state index >= 15 is 0 Å². The molecule has 0 aromatic rings. The molecule has 0 aliphatic rings. The van der Waals surface area contributed by atoms with Gasteiger partial charge < -0.3 is 33.2 Å². The van der Waals surface area contributed by atoms with Gasteiger partial charge in [-0.05, 0) is 89.2 Å². The molecule has 0 spiro atoms. The Morgan fingerprint density at radius 1 is 0.268 bits per heavy atom. The van der Waals surface area contributed by atoms with Crippen LogP contribution in [0.25, 0.3) is 0 Å². The number of ether oxygens (including phenoxy) is 7. The smallest absolute Gasteiger partial charge is 0.179 e. The predicted molar refractivity (Wildman–Crippen MR) is 307 cm³/mol. The lowest BCUT2D eigenvalue weighted by Crippen LogP contribution is -2.22. The minimum Gasteiger partial charge on any atom is -0.353 e. The Kier molecular flexibility index (Phi) is 61.0. The number of hydrogen-bond donors (Lipinski definition) is 0. The third-order valence-electron chi connectivity index (χ3n) is 14.1. The maximum Gasteiger partial charge on any atom is 0.179 e. The molecule has 7 heteroatoms.